The van der Waals surface area contributed by atoms with E-state index in [1.807, 2.05) is 27.7 Å². The molecule has 8 rings (SSSR count). The molecule has 0 radical (unpaired) electrons. The summed E-state index contributed by atoms with van der Waals surface area (Å²) in [6, 6.07) is 0. The zero-order valence-corrected chi connectivity index (χ0v) is 30.3. The smallest absolute Gasteiger partial charge is 0.333 e. The van der Waals surface area contributed by atoms with E-state index < -0.39 is 39.2 Å². The average molecular weight is 679 g/mol. The average Bonchev–Trinajstić information content (AvgIpc) is 3.15. The highest BCUT2D eigenvalue weighted by atomic mass is 35.5. The van der Waals surface area contributed by atoms with Crippen molar-refractivity contribution in [3.63, 3.8) is 0 Å². The number of methoxy groups -OCH3 is 1. The fraction of sp³-hybridized carbons (Fsp3) is 0.615. The third kappa shape index (κ3) is 4.40. The van der Waals surface area contributed by atoms with Crippen LogP contribution in [-0.4, -0.2) is 57.0 Å². The van der Waals surface area contributed by atoms with Crippen molar-refractivity contribution < 1.29 is 38.4 Å². The number of ether oxygens (including phenoxy) is 4. The summed E-state index contributed by atoms with van der Waals surface area (Å²) in [5.74, 6) is -1.38. The Morgan fingerprint density at radius 1 is 1.15 bits per heavy atom. The van der Waals surface area contributed by atoms with E-state index in [1.165, 1.54) is 18.3 Å². The van der Waals surface area contributed by atoms with Crippen LogP contribution in [0.3, 0.4) is 0 Å². The first kappa shape index (κ1) is 33.4. The Morgan fingerprint density at radius 2 is 1.85 bits per heavy atom. The van der Waals surface area contributed by atoms with Crippen LogP contribution in [0, 0.1) is 11.8 Å². The lowest BCUT2D eigenvalue weighted by Gasteiger charge is -2.56. The second-order valence-electron chi connectivity index (χ2n) is 16.4. The summed E-state index contributed by atoms with van der Waals surface area (Å²) in [7, 11) is 1.31. The molecule has 0 unspecified atom stereocenters. The second kappa shape index (κ2) is 10.5. The number of carbonyl (C=O) groups is 3. The Bertz CT molecular complexity index is 1770. The maximum atomic E-state index is 15.1. The predicted octanol–water partition coefficient (Wildman–Crippen LogP) is 7.61. The molecule has 7 aliphatic rings. The Kier molecular flexibility index (Phi) is 7.28. The Hall–Kier alpha value is -3.10. The third-order valence-corrected chi connectivity index (χ3v) is 12.3. The normalized spacial score (nSPS) is 34.0. The molecule has 0 amide bonds. The van der Waals surface area contributed by atoms with E-state index in [2.05, 4.69) is 20.8 Å². The van der Waals surface area contributed by atoms with Crippen molar-refractivity contribution in [2.75, 3.05) is 7.11 Å². The number of ketones is 2. The maximum absolute atomic E-state index is 15.1. The summed E-state index contributed by atoms with van der Waals surface area (Å²) >= 11 is 6.79. The number of rotatable bonds is 6. The van der Waals surface area contributed by atoms with Gasteiger partial charge >= 0.3 is 5.97 Å². The molecule has 6 bridgehead atoms. The maximum Gasteiger partial charge on any atom is 0.333 e. The van der Waals surface area contributed by atoms with Crippen LogP contribution in [-0.2, 0) is 25.5 Å². The SMILES string of the molecule is COC(=O)C(C)=CC[C@@]12OC(C)(C)[C@H]3C[C@H](C=C4C(=O)c5c(O)c6c(c(CCC(C)(C)Cl)c5O[C@@]431)O[C@@]1(C)CCC(=C(C)C)[C@@H]6C1)C2=O. The molecule has 6 atom stereocenters. The molecule has 1 N–H and O–H groups in total. The van der Waals surface area contributed by atoms with Gasteiger partial charge in [0.05, 0.1) is 12.7 Å². The first-order valence-electron chi connectivity index (χ1n) is 17.2. The molecule has 2 saturated carbocycles. The number of carbonyl (C=O) groups excluding carboxylic acids is 3. The molecular weight excluding hydrogens is 632 g/mol. The molecule has 9 heteroatoms. The topological polar surface area (TPSA) is 108 Å². The highest BCUT2D eigenvalue weighted by molar-refractivity contribution is 6.23. The van der Waals surface area contributed by atoms with Gasteiger partial charge in [0, 0.05) is 51.3 Å². The van der Waals surface area contributed by atoms with Crippen molar-refractivity contribution in [1.29, 1.82) is 0 Å². The summed E-state index contributed by atoms with van der Waals surface area (Å²) in [5, 5.41) is 12.3. The minimum atomic E-state index is -1.58. The number of halogens is 1. The largest absolute Gasteiger partial charge is 0.507 e. The van der Waals surface area contributed by atoms with Gasteiger partial charge in [-0.3, -0.25) is 9.59 Å². The minimum Gasteiger partial charge on any atom is -0.507 e. The summed E-state index contributed by atoms with van der Waals surface area (Å²) in [4.78, 5) is 41.4. The number of phenols is 1. The molecule has 3 heterocycles. The molecule has 0 aromatic heterocycles. The quantitative estimate of drug-likeness (QED) is 0.142. The molecule has 1 aromatic rings. The van der Waals surface area contributed by atoms with Gasteiger partial charge in [0.1, 0.15) is 28.4 Å². The standard InChI is InChI=1S/C39H47ClO8/c1-19(2)22-12-14-37(8)18-24(22)27-30(42)28-29(41)25-16-21-17-26-36(6,7)48-38(33(21)43,15-10-20(3)34(44)45-9)39(25,26)47-32(28)23(31(27)46-37)11-13-35(4,5)40/h10,16,21,24,26,42H,11-15,17-18H2,1-9H3/t21-,24-,26+,37-,38-,39-/m0/s1. The lowest BCUT2D eigenvalue weighted by atomic mass is 9.51. The Labute approximate surface area is 287 Å². The minimum absolute atomic E-state index is 0.0185. The van der Waals surface area contributed by atoms with E-state index in [9.17, 15) is 14.7 Å². The van der Waals surface area contributed by atoms with Gasteiger partial charge in [0.25, 0.3) is 0 Å². The van der Waals surface area contributed by atoms with Crippen LogP contribution < -0.4 is 9.47 Å². The summed E-state index contributed by atoms with van der Waals surface area (Å²) in [5.41, 5.74) is 0.213. The predicted molar refractivity (Wildman–Crippen MR) is 181 cm³/mol. The van der Waals surface area contributed by atoms with Gasteiger partial charge in [-0.2, -0.15) is 0 Å². The molecule has 3 aliphatic heterocycles. The molecule has 1 saturated heterocycles. The van der Waals surface area contributed by atoms with Gasteiger partial charge in [0.2, 0.25) is 0 Å². The molecule has 8 nitrogen and oxygen atoms in total. The van der Waals surface area contributed by atoms with Crippen LogP contribution in [0.2, 0.25) is 0 Å². The van der Waals surface area contributed by atoms with E-state index in [0.717, 1.165) is 12.8 Å². The van der Waals surface area contributed by atoms with Gasteiger partial charge in [-0.05, 0) is 93.9 Å². The molecular formula is C39H47ClO8. The highest BCUT2D eigenvalue weighted by Gasteiger charge is 2.81. The first-order valence-corrected chi connectivity index (χ1v) is 17.6. The van der Waals surface area contributed by atoms with E-state index in [-0.39, 0.29) is 46.9 Å². The number of hydrogen-bond donors (Lipinski definition) is 1. The number of phenolic OH excluding ortho intramolecular Hbond substituents is 1. The van der Waals surface area contributed by atoms with Gasteiger partial charge in [0.15, 0.2) is 22.8 Å². The van der Waals surface area contributed by atoms with E-state index >= 15 is 4.79 Å². The lowest BCUT2D eigenvalue weighted by Crippen LogP contribution is -2.72. The molecule has 4 aliphatic carbocycles. The van der Waals surface area contributed by atoms with E-state index in [0.29, 0.717) is 53.7 Å². The van der Waals surface area contributed by atoms with E-state index in [1.54, 1.807) is 19.1 Å². The zero-order chi connectivity index (χ0) is 34.9. The summed E-state index contributed by atoms with van der Waals surface area (Å²) in [6.07, 6.45) is 7.23. The van der Waals surface area contributed by atoms with Crippen LogP contribution in [0.4, 0.5) is 0 Å². The molecule has 1 aromatic carbocycles. The van der Waals surface area contributed by atoms with Crippen LogP contribution in [0.15, 0.2) is 34.4 Å². The number of fused-ring (bicyclic) bond motifs is 5. The number of esters is 1. The number of benzene rings is 1. The number of alkyl halides is 1. The van der Waals surface area contributed by atoms with Gasteiger partial charge in [-0.25, -0.2) is 4.79 Å². The fourth-order valence-electron chi connectivity index (χ4n) is 9.79. The van der Waals surface area contributed by atoms with E-state index in [4.69, 9.17) is 30.5 Å². The number of allylic oxidation sites excluding steroid dienone is 3. The second-order valence-corrected chi connectivity index (χ2v) is 17.5. The van der Waals surface area contributed by atoms with Crippen molar-refractivity contribution in [3.8, 4) is 17.2 Å². The van der Waals surface area contributed by atoms with Crippen LogP contribution in [0.25, 0.3) is 0 Å². The third-order valence-electron chi connectivity index (χ3n) is 12.1. The van der Waals surface area contributed by atoms with Gasteiger partial charge < -0.3 is 24.1 Å². The molecule has 3 fully saturated rings. The van der Waals surface area contributed by atoms with Crippen molar-refractivity contribution in [2.24, 2.45) is 11.8 Å². The summed E-state index contributed by atoms with van der Waals surface area (Å²) < 4.78 is 25.9. The van der Waals surface area contributed by atoms with Crippen molar-refractivity contribution in [2.45, 2.75) is 134 Å². The van der Waals surface area contributed by atoms with Gasteiger partial charge in [-0.15, -0.1) is 11.6 Å². The first-order chi connectivity index (χ1) is 22.3. The lowest BCUT2D eigenvalue weighted by molar-refractivity contribution is -0.171. The van der Waals surface area contributed by atoms with Crippen LogP contribution in [0.1, 0.15) is 121 Å². The monoisotopic (exact) mass is 678 g/mol. The molecule has 48 heavy (non-hydrogen) atoms. The number of aromatic hydroxyl groups is 1. The Morgan fingerprint density at radius 3 is 2.50 bits per heavy atom. The highest BCUT2D eigenvalue weighted by Crippen LogP contribution is 2.69. The Balaban J connectivity index is 1.51. The number of hydrogen-bond acceptors (Lipinski definition) is 8. The van der Waals surface area contributed by atoms with Crippen molar-refractivity contribution >= 4 is 29.1 Å². The van der Waals surface area contributed by atoms with Crippen molar-refractivity contribution in [3.05, 3.63) is 51.1 Å². The van der Waals surface area contributed by atoms with Crippen LogP contribution >= 0.6 is 11.6 Å². The van der Waals surface area contributed by atoms with Gasteiger partial charge in [-0.1, -0.05) is 23.3 Å². The molecule has 1 spiro atoms. The summed E-state index contributed by atoms with van der Waals surface area (Å²) in [6.45, 7) is 15.7. The zero-order valence-electron chi connectivity index (χ0n) is 29.5. The molecule has 258 valence electrons. The van der Waals surface area contributed by atoms with Crippen LogP contribution in [0.5, 0.6) is 17.2 Å². The van der Waals surface area contributed by atoms with Crippen molar-refractivity contribution in [1.82, 2.24) is 0 Å². The number of Topliss-reactive ketones (excluding diaryl/α,β-unsaturated/α-hetero) is 2. The fourth-order valence-corrected chi connectivity index (χ4v) is 9.89.